The molecule has 2 aromatic rings. The third-order valence-corrected chi connectivity index (χ3v) is 2.95. The molecule has 0 fully saturated rings. The van der Waals surface area contributed by atoms with Gasteiger partial charge in [-0.15, -0.1) is 0 Å². The molecule has 2 rings (SSSR count). The number of aromatic nitrogens is 1. The molecule has 1 aromatic heterocycles. The summed E-state index contributed by atoms with van der Waals surface area (Å²) < 4.78 is 18.9. The van der Waals surface area contributed by atoms with Crippen LogP contribution in [0.5, 0.6) is 5.75 Å². The van der Waals surface area contributed by atoms with Crippen LogP contribution >= 0.6 is 11.6 Å². The lowest BCUT2D eigenvalue weighted by Gasteiger charge is -2.11. The van der Waals surface area contributed by atoms with Gasteiger partial charge in [0.2, 0.25) is 0 Å². The summed E-state index contributed by atoms with van der Waals surface area (Å²) in [4.78, 5) is 4.30. The van der Waals surface area contributed by atoms with Gasteiger partial charge in [-0.25, -0.2) is 9.37 Å². The van der Waals surface area contributed by atoms with E-state index in [1.165, 1.54) is 13.2 Å². The number of methoxy groups -OCH3 is 1. The Kier molecular flexibility index (Phi) is 3.20. The number of hydrogen-bond donors (Lipinski definition) is 0. The lowest BCUT2D eigenvalue weighted by Crippen LogP contribution is -1.97. The van der Waals surface area contributed by atoms with Crippen LogP contribution < -0.4 is 4.74 Å². The van der Waals surface area contributed by atoms with E-state index < -0.39 is 0 Å². The molecule has 0 amide bonds. The average Bonchev–Trinajstić information content (AvgIpc) is 2.30. The van der Waals surface area contributed by atoms with Crippen molar-refractivity contribution in [1.29, 1.82) is 0 Å². The molecule has 0 N–H and O–H groups in total. The fourth-order valence-corrected chi connectivity index (χ4v) is 2.01. The molecule has 0 spiro atoms. The Bertz CT molecular complexity index is 569. The SMILES string of the molecule is COc1ccc(F)c2nc(C(C)C)cc(Cl)c12. The minimum Gasteiger partial charge on any atom is -0.496 e. The van der Waals surface area contributed by atoms with Gasteiger partial charge in [0.25, 0.3) is 0 Å². The maximum atomic E-state index is 13.7. The molecule has 0 aliphatic rings. The minimum absolute atomic E-state index is 0.197. The summed E-state index contributed by atoms with van der Waals surface area (Å²) in [5.41, 5.74) is 1.04. The van der Waals surface area contributed by atoms with Crippen LogP contribution in [0.25, 0.3) is 10.9 Å². The number of hydrogen-bond acceptors (Lipinski definition) is 2. The number of fused-ring (bicyclic) bond motifs is 1. The highest BCUT2D eigenvalue weighted by molar-refractivity contribution is 6.36. The Morgan fingerprint density at radius 2 is 2.06 bits per heavy atom. The first-order valence-corrected chi connectivity index (χ1v) is 5.75. The molecule has 0 saturated carbocycles. The van der Waals surface area contributed by atoms with Gasteiger partial charge in [-0.1, -0.05) is 25.4 Å². The Morgan fingerprint density at radius 1 is 1.35 bits per heavy atom. The largest absolute Gasteiger partial charge is 0.496 e. The molecular formula is C13H13ClFNO. The standard InChI is InChI=1S/C13H13ClFNO/c1-7(2)10-6-8(14)12-11(17-3)5-4-9(15)13(12)16-10/h4-7H,1-3H3. The van der Waals surface area contributed by atoms with E-state index in [4.69, 9.17) is 16.3 Å². The third-order valence-electron chi connectivity index (χ3n) is 2.66. The van der Waals surface area contributed by atoms with Gasteiger partial charge < -0.3 is 4.74 Å². The van der Waals surface area contributed by atoms with E-state index in [-0.39, 0.29) is 17.3 Å². The summed E-state index contributed by atoms with van der Waals surface area (Å²) >= 11 is 6.18. The second kappa shape index (κ2) is 4.49. The fraction of sp³-hybridized carbons (Fsp3) is 0.308. The molecule has 4 heteroatoms. The van der Waals surface area contributed by atoms with E-state index in [2.05, 4.69) is 4.98 Å². The minimum atomic E-state index is -0.384. The maximum Gasteiger partial charge on any atom is 0.149 e. The van der Waals surface area contributed by atoms with E-state index in [0.29, 0.717) is 16.2 Å². The second-order valence-corrected chi connectivity index (χ2v) is 4.56. The lowest BCUT2D eigenvalue weighted by molar-refractivity contribution is 0.419. The Balaban J connectivity index is 2.84. The molecule has 1 heterocycles. The molecule has 0 aliphatic heterocycles. The van der Waals surface area contributed by atoms with Gasteiger partial charge in [-0.05, 0) is 24.1 Å². The molecule has 17 heavy (non-hydrogen) atoms. The fourth-order valence-electron chi connectivity index (χ4n) is 1.72. The predicted molar refractivity (Wildman–Crippen MR) is 67.4 cm³/mol. The van der Waals surface area contributed by atoms with E-state index in [9.17, 15) is 4.39 Å². The van der Waals surface area contributed by atoms with Gasteiger partial charge in [0.15, 0.2) is 0 Å². The Morgan fingerprint density at radius 3 is 2.65 bits per heavy atom. The van der Waals surface area contributed by atoms with Crippen molar-refractivity contribution in [1.82, 2.24) is 4.98 Å². The molecule has 0 unspecified atom stereocenters. The van der Waals surface area contributed by atoms with Crippen LogP contribution in [0.2, 0.25) is 5.02 Å². The van der Waals surface area contributed by atoms with Crippen molar-refractivity contribution < 1.29 is 9.13 Å². The maximum absolute atomic E-state index is 13.7. The number of halogens is 2. The Labute approximate surface area is 104 Å². The van der Waals surface area contributed by atoms with Crippen molar-refractivity contribution in [3.05, 3.63) is 34.7 Å². The molecule has 0 atom stereocenters. The van der Waals surface area contributed by atoms with E-state index in [1.807, 2.05) is 13.8 Å². The quantitative estimate of drug-likeness (QED) is 0.802. The number of pyridine rings is 1. The van der Waals surface area contributed by atoms with Crippen LogP contribution in [0.1, 0.15) is 25.5 Å². The van der Waals surface area contributed by atoms with Crippen molar-refractivity contribution in [2.45, 2.75) is 19.8 Å². The van der Waals surface area contributed by atoms with Crippen LogP contribution in [0.3, 0.4) is 0 Å². The normalized spacial score (nSPS) is 11.2. The first-order chi connectivity index (χ1) is 8.04. The first kappa shape index (κ1) is 12.1. The Hall–Kier alpha value is -1.35. The zero-order valence-corrected chi connectivity index (χ0v) is 10.7. The molecule has 90 valence electrons. The van der Waals surface area contributed by atoms with Crippen molar-refractivity contribution >= 4 is 22.5 Å². The van der Waals surface area contributed by atoms with Gasteiger partial charge in [0.05, 0.1) is 17.5 Å². The highest BCUT2D eigenvalue weighted by Crippen LogP contribution is 2.34. The first-order valence-electron chi connectivity index (χ1n) is 5.37. The van der Waals surface area contributed by atoms with E-state index in [0.717, 1.165) is 5.69 Å². The van der Waals surface area contributed by atoms with E-state index >= 15 is 0 Å². The monoisotopic (exact) mass is 253 g/mol. The molecule has 0 saturated heterocycles. The summed E-state index contributed by atoms with van der Waals surface area (Å²) in [7, 11) is 1.53. The zero-order chi connectivity index (χ0) is 12.6. The van der Waals surface area contributed by atoms with Crippen LogP contribution in [0.15, 0.2) is 18.2 Å². The third kappa shape index (κ3) is 2.07. The molecule has 2 nitrogen and oxygen atoms in total. The topological polar surface area (TPSA) is 22.1 Å². The van der Waals surface area contributed by atoms with Crippen LogP contribution in [0.4, 0.5) is 4.39 Å². The van der Waals surface area contributed by atoms with Crippen molar-refractivity contribution in [3.63, 3.8) is 0 Å². The van der Waals surface area contributed by atoms with Gasteiger partial charge in [-0.3, -0.25) is 0 Å². The highest BCUT2D eigenvalue weighted by atomic mass is 35.5. The molecule has 0 radical (unpaired) electrons. The summed E-state index contributed by atoms with van der Waals surface area (Å²) in [5, 5.41) is 0.994. The molecular weight excluding hydrogens is 241 g/mol. The summed E-state index contributed by atoms with van der Waals surface area (Å²) in [6, 6.07) is 4.66. The predicted octanol–water partition coefficient (Wildman–Crippen LogP) is 4.16. The van der Waals surface area contributed by atoms with Gasteiger partial charge >= 0.3 is 0 Å². The number of rotatable bonds is 2. The number of nitrogens with zero attached hydrogens (tertiary/aromatic N) is 1. The van der Waals surface area contributed by atoms with E-state index in [1.54, 1.807) is 12.1 Å². The molecule has 1 aromatic carbocycles. The van der Waals surface area contributed by atoms with Crippen molar-refractivity contribution in [2.24, 2.45) is 0 Å². The zero-order valence-electron chi connectivity index (χ0n) is 9.92. The van der Waals surface area contributed by atoms with Crippen molar-refractivity contribution in [2.75, 3.05) is 7.11 Å². The van der Waals surface area contributed by atoms with Gasteiger partial charge in [-0.2, -0.15) is 0 Å². The molecule has 0 bridgehead atoms. The van der Waals surface area contributed by atoms with Crippen LogP contribution in [-0.2, 0) is 0 Å². The summed E-state index contributed by atoms with van der Waals surface area (Å²) in [6.45, 7) is 3.98. The summed E-state index contributed by atoms with van der Waals surface area (Å²) in [5.74, 6) is 0.349. The average molecular weight is 254 g/mol. The van der Waals surface area contributed by atoms with Crippen molar-refractivity contribution in [3.8, 4) is 5.75 Å². The van der Waals surface area contributed by atoms with Crippen LogP contribution in [0, 0.1) is 5.82 Å². The number of benzene rings is 1. The van der Waals surface area contributed by atoms with Gasteiger partial charge in [0.1, 0.15) is 17.1 Å². The van der Waals surface area contributed by atoms with Crippen LogP contribution in [-0.4, -0.2) is 12.1 Å². The lowest BCUT2D eigenvalue weighted by atomic mass is 10.1. The molecule has 0 aliphatic carbocycles. The van der Waals surface area contributed by atoms with Gasteiger partial charge in [0, 0.05) is 5.69 Å². The summed E-state index contributed by atoms with van der Waals surface area (Å²) in [6.07, 6.45) is 0. The highest BCUT2D eigenvalue weighted by Gasteiger charge is 2.14. The second-order valence-electron chi connectivity index (χ2n) is 4.16. The smallest absolute Gasteiger partial charge is 0.149 e. The number of ether oxygens (including phenoxy) is 1.